The zero-order valence-corrected chi connectivity index (χ0v) is 13.0. The Morgan fingerprint density at radius 1 is 1.29 bits per heavy atom. The summed E-state index contributed by atoms with van der Waals surface area (Å²) < 4.78 is 1.54. The lowest BCUT2D eigenvalue weighted by Gasteiger charge is -2.39. The third kappa shape index (κ3) is 2.81. The number of nitrogens with zero attached hydrogens (tertiary/aromatic N) is 4. The van der Waals surface area contributed by atoms with Gasteiger partial charge in [0.25, 0.3) is 5.91 Å². The van der Waals surface area contributed by atoms with Crippen molar-refractivity contribution in [3.05, 3.63) is 60.0 Å². The Morgan fingerprint density at radius 2 is 2.17 bits per heavy atom. The molecule has 4 rings (SSSR count). The maximum absolute atomic E-state index is 12.4. The number of aromatic nitrogens is 3. The molecule has 0 unspecified atom stereocenters. The van der Waals surface area contributed by atoms with Crippen molar-refractivity contribution in [2.45, 2.75) is 12.6 Å². The van der Waals surface area contributed by atoms with Crippen molar-refractivity contribution in [1.29, 1.82) is 0 Å². The van der Waals surface area contributed by atoms with Gasteiger partial charge in [0.15, 0.2) is 5.65 Å². The summed E-state index contributed by atoms with van der Waals surface area (Å²) in [5.41, 5.74) is 2.16. The number of nitrogens with one attached hydrogen (secondary N) is 1. The van der Waals surface area contributed by atoms with Crippen molar-refractivity contribution < 1.29 is 9.90 Å². The third-order valence-electron chi connectivity index (χ3n) is 4.12. The second kappa shape index (κ2) is 5.93. The fourth-order valence-corrected chi connectivity index (χ4v) is 2.95. The minimum Gasteiger partial charge on any atom is -0.508 e. The molecule has 1 saturated heterocycles. The van der Waals surface area contributed by atoms with E-state index < -0.39 is 0 Å². The van der Waals surface area contributed by atoms with Crippen LogP contribution in [0.2, 0.25) is 0 Å². The normalized spacial score (nSPS) is 15.3. The fraction of sp³-hybridized carbons (Fsp3) is 0.235. The van der Waals surface area contributed by atoms with Gasteiger partial charge in [-0.2, -0.15) is 5.10 Å². The van der Waals surface area contributed by atoms with Gasteiger partial charge in [0.2, 0.25) is 0 Å². The van der Waals surface area contributed by atoms with Gasteiger partial charge in [0, 0.05) is 25.8 Å². The molecule has 1 aliphatic heterocycles. The maximum Gasteiger partial charge on any atom is 0.271 e. The van der Waals surface area contributed by atoms with Crippen molar-refractivity contribution >= 4 is 11.6 Å². The predicted molar refractivity (Wildman–Crippen MR) is 87.6 cm³/mol. The Morgan fingerprint density at radius 3 is 3.00 bits per heavy atom. The maximum atomic E-state index is 12.4. The molecule has 122 valence electrons. The molecule has 0 bridgehead atoms. The third-order valence-corrected chi connectivity index (χ3v) is 4.12. The molecular formula is C17H17N5O2. The van der Waals surface area contributed by atoms with Gasteiger partial charge >= 0.3 is 0 Å². The first-order valence-electron chi connectivity index (χ1n) is 7.79. The average molecular weight is 323 g/mol. The average Bonchev–Trinajstić information content (AvgIpc) is 2.97. The van der Waals surface area contributed by atoms with E-state index in [1.807, 2.05) is 18.2 Å². The molecule has 7 heteroatoms. The predicted octanol–water partition coefficient (Wildman–Crippen LogP) is 1.05. The van der Waals surface area contributed by atoms with E-state index in [2.05, 4.69) is 20.3 Å². The van der Waals surface area contributed by atoms with Crippen molar-refractivity contribution in [2.75, 3.05) is 13.1 Å². The zero-order chi connectivity index (χ0) is 16.5. The number of aromatic hydroxyl groups is 1. The number of carbonyl (C=O) groups is 1. The van der Waals surface area contributed by atoms with Crippen LogP contribution in [0.1, 0.15) is 16.1 Å². The molecule has 7 nitrogen and oxygen atoms in total. The van der Waals surface area contributed by atoms with E-state index in [-0.39, 0.29) is 17.7 Å². The zero-order valence-electron chi connectivity index (χ0n) is 13.0. The van der Waals surface area contributed by atoms with Crippen LogP contribution < -0.4 is 5.32 Å². The summed E-state index contributed by atoms with van der Waals surface area (Å²) in [6, 6.07) is 10.9. The fourth-order valence-electron chi connectivity index (χ4n) is 2.95. The number of amides is 1. The summed E-state index contributed by atoms with van der Waals surface area (Å²) in [5, 5.41) is 16.6. The van der Waals surface area contributed by atoms with Gasteiger partial charge in [-0.05, 0) is 29.8 Å². The first-order valence-corrected chi connectivity index (χ1v) is 7.79. The van der Waals surface area contributed by atoms with Crippen LogP contribution in [0.4, 0.5) is 0 Å². The van der Waals surface area contributed by atoms with E-state index in [1.165, 1.54) is 0 Å². The van der Waals surface area contributed by atoms with Gasteiger partial charge in [0.1, 0.15) is 11.4 Å². The largest absolute Gasteiger partial charge is 0.508 e. The van der Waals surface area contributed by atoms with Crippen LogP contribution in [0, 0.1) is 0 Å². The van der Waals surface area contributed by atoms with Crippen molar-refractivity contribution in [3.63, 3.8) is 0 Å². The van der Waals surface area contributed by atoms with Gasteiger partial charge in [-0.15, -0.1) is 0 Å². The molecule has 1 fully saturated rings. The van der Waals surface area contributed by atoms with E-state index >= 15 is 0 Å². The van der Waals surface area contributed by atoms with Gasteiger partial charge < -0.3 is 10.4 Å². The number of likely N-dealkylation sites (tertiary alicyclic amines) is 1. The van der Waals surface area contributed by atoms with Crippen LogP contribution in [-0.4, -0.2) is 49.6 Å². The second-order valence-corrected chi connectivity index (χ2v) is 5.97. The Kier molecular flexibility index (Phi) is 3.62. The quantitative estimate of drug-likeness (QED) is 0.750. The topological polar surface area (TPSA) is 82.8 Å². The summed E-state index contributed by atoms with van der Waals surface area (Å²) in [7, 11) is 0. The lowest BCUT2D eigenvalue weighted by atomic mass is 10.1. The number of benzene rings is 1. The molecule has 1 amide bonds. The molecule has 3 aromatic rings. The molecule has 0 aliphatic carbocycles. The lowest BCUT2D eigenvalue weighted by Crippen LogP contribution is -2.58. The first kappa shape index (κ1) is 14.6. The molecule has 1 aliphatic rings. The Bertz CT molecular complexity index is 885. The highest BCUT2D eigenvalue weighted by molar-refractivity contribution is 5.93. The number of imidazole rings is 1. The van der Waals surface area contributed by atoms with Crippen LogP contribution in [0.15, 0.2) is 48.8 Å². The molecule has 0 spiro atoms. The number of hydrogen-bond acceptors (Lipinski definition) is 5. The summed E-state index contributed by atoms with van der Waals surface area (Å²) in [6.45, 7) is 2.33. The number of phenols is 1. The highest BCUT2D eigenvalue weighted by atomic mass is 16.3. The molecular weight excluding hydrogens is 306 g/mol. The van der Waals surface area contributed by atoms with E-state index in [4.69, 9.17) is 0 Å². The standard InChI is InChI=1S/C17H17N5O2/c23-14-4-1-3-12(7-14)9-21-10-13(11-21)20-17(24)15-8-18-16-5-2-6-19-22(15)16/h1-8,13,23H,9-11H2,(H,20,24). The number of hydrogen-bond donors (Lipinski definition) is 2. The monoisotopic (exact) mass is 323 g/mol. The molecule has 24 heavy (non-hydrogen) atoms. The van der Waals surface area contributed by atoms with Gasteiger partial charge in [-0.3, -0.25) is 9.69 Å². The number of fused-ring (bicyclic) bond motifs is 1. The summed E-state index contributed by atoms with van der Waals surface area (Å²) >= 11 is 0. The minimum absolute atomic E-state index is 0.115. The van der Waals surface area contributed by atoms with Gasteiger partial charge in [-0.1, -0.05) is 12.1 Å². The summed E-state index contributed by atoms with van der Waals surface area (Å²) in [4.78, 5) is 18.8. The minimum atomic E-state index is -0.164. The Hall–Kier alpha value is -2.93. The highest BCUT2D eigenvalue weighted by Gasteiger charge is 2.29. The Balaban J connectivity index is 1.34. The lowest BCUT2D eigenvalue weighted by molar-refractivity contribution is 0.0789. The number of phenolic OH excluding ortho intramolecular Hbond substituents is 1. The van der Waals surface area contributed by atoms with Crippen LogP contribution in [-0.2, 0) is 6.54 Å². The smallest absolute Gasteiger partial charge is 0.271 e. The van der Waals surface area contributed by atoms with E-state index in [0.29, 0.717) is 11.3 Å². The van der Waals surface area contributed by atoms with E-state index in [9.17, 15) is 9.90 Å². The van der Waals surface area contributed by atoms with Crippen molar-refractivity contribution in [2.24, 2.45) is 0 Å². The number of carbonyl (C=O) groups excluding carboxylic acids is 1. The molecule has 0 radical (unpaired) electrons. The summed E-state index contributed by atoms with van der Waals surface area (Å²) in [6.07, 6.45) is 3.17. The molecule has 0 saturated carbocycles. The SMILES string of the molecule is O=C(NC1CN(Cc2cccc(O)c2)C1)c1cnc2cccnn12. The van der Waals surface area contributed by atoms with E-state index in [1.54, 1.807) is 35.1 Å². The first-order chi connectivity index (χ1) is 11.7. The Labute approximate surface area is 138 Å². The molecule has 0 atom stereocenters. The van der Waals surface area contributed by atoms with Gasteiger partial charge in [0.05, 0.1) is 12.2 Å². The molecule has 1 aromatic carbocycles. The molecule has 2 aromatic heterocycles. The highest BCUT2D eigenvalue weighted by Crippen LogP contribution is 2.17. The van der Waals surface area contributed by atoms with E-state index in [0.717, 1.165) is 25.2 Å². The van der Waals surface area contributed by atoms with Crippen LogP contribution in [0.25, 0.3) is 5.65 Å². The second-order valence-electron chi connectivity index (χ2n) is 5.97. The number of rotatable bonds is 4. The van der Waals surface area contributed by atoms with Crippen LogP contribution >= 0.6 is 0 Å². The molecule has 2 N–H and O–H groups in total. The van der Waals surface area contributed by atoms with Crippen molar-refractivity contribution in [3.8, 4) is 5.75 Å². The summed E-state index contributed by atoms with van der Waals surface area (Å²) in [5.74, 6) is 0.112. The van der Waals surface area contributed by atoms with Crippen LogP contribution in [0.3, 0.4) is 0 Å². The van der Waals surface area contributed by atoms with Gasteiger partial charge in [-0.25, -0.2) is 9.50 Å². The molecule has 3 heterocycles. The van der Waals surface area contributed by atoms with Crippen molar-refractivity contribution in [1.82, 2.24) is 24.8 Å². The van der Waals surface area contributed by atoms with Crippen LogP contribution in [0.5, 0.6) is 5.75 Å².